The summed E-state index contributed by atoms with van der Waals surface area (Å²) in [6.07, 6.45) is -0.237. The van der Waals surface area contributed by atoms with E-state index in [9.17, 15) is 24.3 Å². The number of phenols is 1. The van der Waals surface area contributed by atoms with Crippen molar-refractivity contribution in [2.24, 2.45) is 0 Å². The molecule has 0 bridgehead atoms. The number of benzene rings is 1. The maximum atomic E-state index is 12.9. The van der Waals surface area contributed by atoms with E-state index in [1.807, 2.05) is 6.92 Å². The molecule has 0 aliphatic rings. The number of hydrogen-bond acceptors (Lipinski definition) is 7. The lowest BCUT2D eigenvalue weighted by molar-refractivity contribution is -0.143. The predicted octanol–water partition coefficient (Wildman–Crippen LogP) is 1.49. The van der Waals surface area contributed by atoms with Crippen LogP contribution in [0, 0.1) is 0 Å². The Hall–Kier alpha value is -3.30. The quantitative estimate of drug-likeness (QED) is 0.498. The van der Waals surface area contributed by atoms with Crippen LogP contribution in [-0.2, 0) is 23.9 Å². The number of carbonyl (C=O) groups is 4. The molecular formula is C21H31N3O7. The number of aromatic hydroxyl groups is 1. The largest absolute Gasteiger partial charge is 0.508 e. The normalized spacial score (nSPS) is 11.8. The number of esters is 1. The van der Waals surface area contributed by atoms with Gasteiger partial charge in [-0.05, 0) is 44.9 Å². The SMILES string of the molecule is CCCN(C(=O)CNC(=O)OC(C)(C)C)C(C(=O)NCC(=O)OC)c1cccc(O)c1. The van der Waals surface area contributed by atoms with Gasteiger partial charge in [-0.2, -0.15) is 0 Å². The summed E-state index contributed by atoms with van der Waals surface area (Å²) in [7, 11) is 1.19. The van der Waals surface area contributed by atoms with Gasteiger partial charge in [0, 0.05) is 6.54 Å². The monoisotopic (exact) mass is 437 g/mol. The van der Waals surface area contributed by atoms with E-state index in [0.29, 0.717) is 12.0 Å². The first-order valence-corrected chi connectivity index (χ1v) is 9.88. The molecule has 1 aromatic rings. The van der Waals surface area contributed by atoms with Gasteiger partial charge in [0.2, 0.25) is 11.8 Å². The first kappa shape index (κ1) is 25.7. The molecule has 0 aliphatic heterocycles. The molecule has 1 unspecified atom stereocenters. The van der Waals surface area contributed by atoms with E-state index in [1.54, 1.807) is 32.9 Å². The number of hydrogen-bond donors (Lipinski definition) is 3. The molecule has 31 heavy (non-hydrogen) atoms. The third-order valence-corrected chi connectivity index (χ3v) is 3.95. The number of alkyl carbamates (subject to hydrolysis) is 1. The Labute approximate surface area is 181 Å². The summed E-state index contributed by atoms with van der Waals surface area (Å²) in [5, 5.41) is 14.7. The lowest BCUT2D eigenvalue weighted by atomic mass is 10.0. The van der Waals surface area contributed by atoms with E-state index in [4.69, 9.17) is 4.74 Å². The minimum absolute atomic E-state index is 0.0842. The molecule has 0 aliphatic carbocycles. The zero-order valence-corrected chi connectivity index (χ0v) is 18.6. The summed E-state index contributed by atoms with van der Waals surface area (Å²) in [6.45, 7) is 6.34. The average molecular weight is 437 g/mol. The molecule has 0 spiro atoms. The molecule has 0 fully saturated rings. The summed E-state index contributed by atoms with van der Waals surface area (Å²) >= 11 is 0. The van der Waals surface area contributed by atoms with Crippen molar-refractivity contribution in [3.05, 3.63) is 29.8 Å². The molecule has 1 aromatic carbocycles. The van der Waals surface area contributed by atoms with E-state index >= 15 is 0 Å². The van der Waals surface area contributed by atoms with Gasteiger partial charge in [0.25, 0.3) is 0 Å². The van der Waals surface area contributed by atoms with Crippen molar-refractivity contribution in [1.82, 2.24) is 15.5 Å². The van der Waals surface area contributed by atoms with Crippen LogP contribution in [0.15, 0.2) is 24.3 Å². The highest BCUT2D eigenvalue weighted by molar-refractivity contribution is 5.91. The van der Waals surface area contributed by atoms with Crippen molar-refractivity contribution in [3.63, 3.8) is 0 Å². The fourth-order valence-electron chi connectivity index (χ4n) is 2.70. The highest BCUT2D eigenvalue weighted by Crippen LogP contribution is 2.25. The summed E-state index contributed by atoms with van der Waals surface area (Å²) < 4.78 is 9.66. The van der Waals surface area contributed by atoms with Gasteiger partial charge in [0.15, 0.2) is 0 Å². The fraction of sp³-hybridized carbons (Fsp3) is 0.524. The van der Waals surface area contributed by atoms with Gasteiger partial charge in [0.1, 0.15) is 30.5 Å². The third kappa shape index (κ3) is 8.93. The van der Waals surface area contributed by atoms with Crippen molar-refractivity contribution >= 4 is 23.9 Å². The van der Waals surface area contributed by atoms with E-state index in [1.165, 1.54) is 24.1 Å². The number of amides is 3. The zero-order valence-electron chi connectivity index (χ0n) is 18.6. The van der Waals surface area contributed by atoms with Crippen LogP contribution in [0.4, 0.5) is 4.79 Å². The van der Waals surface area contributed by atoms with Gasteiger partial charge in [-0.15, -0.1) is 0 Å². The number of ether oxygens (including phenoxy) is 2. The van der Waals surface area contributed by atoms with Gasteiger partial charge in [-0.3, -0.25) is 14.4 Å². The lowest BCUT2D eigenvalue weighted by Gasteiger charge is -2.31. The molecule has 0 heterocycles. The standard InChI is InChI=1S/C21H31N3O7/c1-6-10-24(16(26)12-23-20(29)31-21(2,3)4)18(14-8-7-9-15(25)11-14)19(28)22-13-17(27)30-5/h7-9,11,18,25H,6,10,12-13H2,1-5H3,(H,22,28)(H,23,29). The van der Waals surface area contributed by atoms with E-state index in [2.05, 4.69) is 15.4 Å². The molecular weight excluding hydrogens is 406 g/mol. The Morgan fingerprint density at radius 1 is 1.13 bits per heavy atom. The molecule has 0 saturated carbocycles. The summed E-state index contributed by atoms with van der Waals surface area (Å²) in [4.78, 5) is 50.5. The van der Waals surface area contributed by atoms with Crippen molar-refractivity contribution in [2.75, 3.05) is 26.7 Å². The molecule has 10 heteroatoms. The molecule has 10 nitrogen and oxygen atoms in total. The van der Waals surface area contributed by atoms with Crippen LogP contribution in [0.25, 0.3) is 0 Å². The smallest absolute Gasteiger partial charge is 0.408 e. The second-order valence-corrected chi connectivity index (χ2v) is 7.73. The van der Waals surface area contributed by atoms with Crippen molar-refractivity contribution in [3.8, 4) is 5.75 Å². The molecule has 3 N–H and O–H groups in total. The first-order chi connectivity index (χ1) is 14.5. The highest BCUT2D eigenvalue weighted by Gasteiger charge is 2.31. The van der Waals surface area contributed by atoms with E-state index < -0.39 is 42.1 Å². The van der Waals surface area contributed by atoms with Crippen LogP contribution in [0.2, 0.25) is 0 Å². The Balaban J connectivity index is 3.11. The highest BCUT2D eigenvalue weighted by atomic mass is 16.6. The zero-order chi connectivity index (χ0) is 23.6. The fourth-order valence-corrected chi connectivity index (χ4v) is 2.70. The van der Waals surface area contributed by atoms with Gasteiger partial charge in [-0.1, -0.05) is 19.1 Å². The van der Waals surface area contributed by atoms with Crippen LogP contribution in [0.1, 0.15) is 45.7 Å². The van der Waals surface area contributed by atoms with Crippen LogP contribution < -0.4 is 10.6 Å². The van der Waals surface area contributed by atoms with Crippen molar-refractivity contribution < 1.29 is 33.8 Å². The summed E-state index contributed by atoms with van der Waals surface area (Å²) in [5.41, 5.74) is -0.380. The van der Waals surface area contributed by atoms with Crippen molar-refractivity contribution in [1.29, 1.82) is 0 Å². The van der Waals surface area contributed by atoms with E-state index in [0.717, 1.165) is 0 Å². The van der Waals surface area contributed by atoms with Gasteiger partial charge in [0.05, 0.1) is 7.11 Å². The minimum Gasteiger partial charge on any atom is -0.508 e. The Bertz CT molecular complexity index is 789. The maximum Gasteiger partial charge on any atom is 0.408 e. The second kappa shape index (κ2) is 11.8. The van der Waals surface area contributed by atoms with Gasteiger partial charge < -0.3 is 30.1 Å². The molecule has 1 atom stereocenters. The van der Waals surface area contributed by atoms with Crippen LogP contribution in [-0.4, -0.2) is 66.2 Å². The summed E-state index contributed by atoms with van der Waals surface area (Å²) in [5.74, 6) is -1.90. The summed E-state index contributed by atoms with van der Waals surface area (Å²) in [6, 6.07) is 4.78. The topological polar surface area (TPSA) is 134 Å². The molecule has 3 amide bonds. The number of methoxy groups -OCH3 is 1. The molecule has 0 radical (unpaired) electrons. The van der Waals surface area contributed by atoms with Crippen molar-refractivity contribution in [2.45, 2.75) is 45.8 Å². The first-order valence-electron chi connectivity index (χ1n) is 9.88. The van der Waals surface area contributed by atoms with Crippen LogP contribution >= 0.6 is 0 Å². The molecule has 1 rings (SSSR count). The molecule has 0 aromatic heterocycles. The number of carbonyl (C=O) groups excluding carboxylic acids is 4. The average Bonchev–Trinajstić information content (AvgIpc) is 2.68. The minimum atomic E-state index is -1.13. The Kier molecular flexibility index (Phi) is 9.78. The number of nitrogens with zero attached hydrogens (tertiary/aromatic N) is 1. The lowest BCUT2D eigenvalue weighted by Crippen LogP contribution is -2.48. The maximum absolute atomic E-state index is 12.9. The predicted molar refractivity (Wildman–Crippen MR) is 112 cm³/mol. The second-order valence-electron chi connectivity index (χ2n) is 7.73. The van der Waals surface area contributed by atoms with Crippen LogP contribution in [0.3, 0.4) is 0 Å². The molecule has 172 valence electrons. The Morgan fingerprint density at radius 3 is 2.35 bits per heavy atom. The third-order valence-electron chi connectivity index (χ3n) is 3.95. The number of phenolic OH excluding ortho intramolecular Hbond substituents is 1. The van der Waals surface area contributed by atoms with E-state index in [-0.39, 0.29) is 18.8 Å². The Morgan fingerprint density at radius 2 is 1.81 bits per heavy atom. The van der Waals surface area contributed by atoms with Crippen LogP contribution in [0.5, 0.6) is 5.75 Å². The number of rotatable bonds is 9. The molecule has 0 saturated heterocycles. The van der Waals surface area contributed by atoms with Gasteiger partial charge in [-0.25, -0.2) is 4.79 Å². The number of nitrogens with one attached hydrogen (secondary N) is 2. The van der Waals surface area contributed by atoms with Gasteiger partial charge >= 0.3 is 12.1 Å².